The number of furan rings is 1. The van der Waals surface area contributed by atoms with Crippen molar-refractivity contribution in [3.05, 3.63) is 60.2 Å². The number of carbonyl (C=O) groups excluding carboxylic acids is 1. The number of nitrogens with one attached hydrogen (secondary N) is 1. The van der Waals surface area contributed by atoms with E-state index in [0.717, 1.165) is 5.56 Å². The molecule has 0 unspecified atom stereocenters. The van der Waals surface area contributed by atoms with E-state index in [0.29, 0.717) is 56.3 Å². The van der Waals surface area contributed by atoms with Gasteiger partial charge in [0.1, 0.15) is 11.5 Å². The van der Waals surface area contributed by atoms with Gasteiger partial charge in [-0.2, -0.15) is 0 Å². The van der Waals surface area contributed by atoms with Crippen molar-refractivity contribution in [3.8, 4) is 51.5 Å². The molecule has 2 aromatic carbocycles. The molecular formula is C27H25N5O6S2. The van der Waals surface area contributed by atoms with E-state index in [9.17, 15) is 4.79 Å². The van der Waals surface area contributed by atoms with Gasteiger partial charge in [-0.3, -0.25) is 9.36 Å². The van der Waals surface area contributed by atoms with Crippen molar-refractivity contribution in [2.24, 2.45) is 0 Å². The summed E-state index contributed by atoms with van der Waals surface area (Å²) in [7, 11) is 6.32. The van der Waals surface area contributed by atoms with E-state index in [2.05, 4.69) is 20.5 Å². The van der Waals surface area contributed by atoms with Crippen molar-refractivity contribution >= 4 is 34.1 Å². The quantitative estimate of drug-likeness (QED) is 0.203. The van der Waals surface area contributed by atoms with Crippen LogP contribution in [0.25, 0.3) is 28.5 Å². The highest BCUT2D eigenvalue weighted by molar-refractivity contribution is 7.99. The van der Waals surface area contributed by atoms with E-state index in [1.165, 1.54) is 23.1 Å². The number of anilines is 1. The molecule has 1 amide bonds. The van der Waals surface area contributed by atoms with Crippen LogP contribution in [0.3, 0.4) is 0 Å². The van der Waals surface area contributed by atoms with Crippen molar-refractivity contribution < 1.29 is 28.2 Å². The molecule has 0 aliphatic rings. The van der Waals surface area contributed by atoms with Crippen LogP contribution in [-0.4, -0.2) is 59.8 Å². The van der Waals surface area contributed by atoms with Gasteiger partial charge in [0.2, 0.25) is 11.7 Å². The first-order valence-corrected chi connectivity index (χ1v) is 13.7. The Kier molecular flexibility index (Phi) is 8.22. The van der Waals surface area contributed by atoms with Gasteiger partial charge in [-0.25, -0.2) is 4.98 Å². The van der Waals surface area contributed by atoms with E-state index < -0.39 is 0 Å². The summed E-state index contributed by atoms with van der Waals surface area (Å²) in [5, 5.41) is 14.3. The van der Waals surface area contributed by atoms with E-state index in [4.69, 9.17) is 23.4 Å². The maximum Gasteiger partial charge on any atom is 0.236 e. The van der Waals surface area contributed by atoms with Crippen molar-refractivity contribution in [2.45, 2.75) is 5.16 Å². The number of methoxy groups -OCH3 is 4. The Morgan fingerprint density at radius 2 is 1.77 bits per heavy atom. The molecule has 11 nitrogen and oxygen atoms in total. The average Bonchev–Trinajstić information content (AvgIpc) is 3.76. The zero-order valence-corrected chi connectivity index (χ0v) is 23.7. The first-order chi connectivity index (χ1) is 19.5. The predicted octanol–water partition coefficient (Wildman–Crippen LogP) is 5.42. The lowest BCUT2D eigenvalue weighted by molar-refractivity contribution is -0.113. The number of thioether (sulfide) groups is 1. The topological polar surface area (TPSA) is 123 Å². The summed E-state index contributed by atoms with van der Waals surface area (Å²) in [5.74, 6) is 3.21. The third kappa shape index (κ3) is 5.60. The van der Waals surface area contributed by atoms with Crippen LogP contribution in [-0.2, 0) is 4.79 Å². The number of aromatic nitrogens is 4. The highest BCUT2D eigenvalue weighted by Gasteiger charge is 2.22. The Bertz CT molecular complexity index is 1620. The molecule has 0 fully saturated rings. The van der Waals surface area contributed by atoms with Crippen LogP contribution in [0.1, 0.15) is 0 Å². The van der Waals surface area contributed by atoms with Crippen LogP contribution in [0, 0.1) is 0 Å². The minimum atomic E-state index is -0.245. The standard InChI is InChI=1S/C27H25N5O6S2/c1-34-17-8-10-20(35-2)19(13-17)32-25(22-6-5-11-38-22)30-31-27(32)40-15-24(33)29-26-28-18(14-39-26)16-7-9-21(36-3)23(12-16)37-4/h5-14H,15H2,1-4H3,(H,28,29,33). The van der Waals surface area contributed by atoms with E-state index in [-0.39, 0.29) is 11.7 Å². The van der Waals surface area contributed by atoms with Crippen molar-refractivity contribution in [1.82, 2.24) is 19.7 Å². The summed E-state index contributed by atoms with van der Waals surface area (Å²) in [4.78, 5) is 17.5. The highest BCUT2D eigenvalue weighted by Crippen LogP contribution is 2.36. The lowest BCUT2D eigenvalue weighted by Crippen LogP contribution is -2.14. The van der Waals surface area contributed by atoms with Gasteiger partial charge in [-0.1, -0.05) is 11.8 Å². The lowest BCUT2D eigenvalue weighted by atomic mass is 10.1. The van der Waals surface area contributed by atoms with Gasteiger partial charge >= 0.3 is 0 Å². The number of nitrogens with zero attached hydrogens (tertiary/aromatic N) is 4. The monoisotopic (exact) mass is 579 g/mol. The zero-order chi connectivity index (χ0) is 28.1. The average molecular weight is 580 g/mol. The molecule has 0 aliphatic carbocycles. The van der Waals surface area contributed by atoms with Gasteiger partial charge in [0.25, 0.3) is 0 Å². The molecule has 5 aromatic rings. The zero-order valence-electron chi connectivity index (χ0n) is 22.0. The van der Waals surface area contributed by atoms with Gasteiger partial charge in [-0.05, 0) is 42.5 Å². The molecule has 0 saturated heterocycles. The van der Waals surface area contributed by atoms with Gasteiger partial charge in [0, 0.05) is 17.0 Å². The molecule has 40 heavy (non-hydrogen) atoms. The number of carbonyl (C=O) groups is 1. The van der Waals surface area contributed by atoms with Crippen molar-refractivity contribution in [3.63, 3.8) is 0 Å². The molecule has 0 aliphatic heterocycles. The first-order valence-electron chi connectivity index (χ1n) is 11.9. The Morgan fingerprint density at radius 1 is 0.975 bits per heavy atom. The number of rotatable bonds is 11. The van der Waals surface area contributed by atoms with Crippen LogP contribution >= 0.6 is 23.1 Å². The fourth-order valence-electron chi connectivity index (χ4n) is 3.86. The molecule has 206 valence electrons. The molecule has 13 heteroatoms. The molecule has 0 bridgehead atoms. The molecule has 0 saturated carbocycles. The van der Waals surface area contributed by atoms with Gasteiger partial charge in [0.05, 0.1) is 51.8 Å². The lowest BCUT2D eigenvalue weighted by Gasteiger charge is -2.14. The van der Waals surface area contributed by atoms with Crippen LogP contribution in [0.4, 0.5) is 5.13 Å². The van der Waals surface area contributed by atoms with Crippen LogP contribution in [0.5, 0.6) is 23.0 Å². The summed E-state index contributed by atoms with van der Waals surface area (Å²) in [5.41, 5.74) is 2.19. The highest BCUT2D eigenvalue weighted by atomic mass is 32.2. The fourth-order valence-corrected chi connectivity index (χ4v) is 5.34. The molecule has 3 aromatic heterocycles. The molecule has 0 spiro atoms. The second kappa shape index (κ2) is 12.1. The smallest absolute Gasteiger partial charge is 0.236 e. The molecule has 5 rings (SSSR count). The Hall–Kier alpha value is -4.49. The second-order valence-electron chi connectivity index (χ2n) is 8.10. The molecular weight excluding hydrogens is 554 g/mol. The molecule has 0 atom stereocenters. The summed E-state index contributed by atoms with van der Waals surface area (Å²) in [6.07, 6.45) is 1.56. The number of ether oxygens (including phenoxy) is 4. The molecule has 1 N–H and O–H groups in total. The van der Waals surface area contributed by atoms with Crippen molar-refractivity contribution in [2.75, 3.05) is 39.5 Å². The van der Waals surface area contributed by atoms with E-state index >= 15 is 0 Å². The maximum atomic E-state index is 12.9. The number of hydrogen-bond donors (Lipinski definition) is 1. The summed E-state index contributed by atoms with van der Waals surface area (Å²) >= 11 is 2.55. The van der Waals surface area contributed by atoms with Crippen LogP contribution < -0.4 is 24.3 Å². The normalized spacial score (nSPS) is 10.8. The maximum absolute atomic E-state index is 12.9. The summed E-state index contributed by atoms with van der Waals surface area (Å²) < 4.78 is 29.1. The SMILES string of the molecule is COc1ccc(OC)c(-n2c(SCC(=O)Nc3nc(-c4ccc(OC)c(OC)c4)cs3)nnc2-c2ccco2)c1. The minimum Gasteiger partial charge on any atom is -0.497 e. The molecule has 3 heterocycles. The summed E-state index contributed by atoms with van der Waals surface area (Å²) in [6, 6.07) is 14.5. The largest absolute Gasteiger partial charge is 0.497 e. The minimum absolute atomic E-state index is 0.0633. The Balaban J connectivity index is 1.35. The van der Waals surface area contributed by atoms with E-state index in [1.807, 2.05) is 29.6 Å². The Morgan fingerprint density at radius 3 is 2.50 bits per heavy atom. The van der Waals surface area contributed by atoms with Crippen molar-refractivity contribution in [1.29, 1.82) is 0 Å². The first kappa shape index (κ1) is 27.1. The molecule has 0 radical (unpaired) electrons. The van der Waals surface area contributed by atoms with Gasteiger partial charge in [-0.15, -0.1) is 21.5 Å². The number of benzene rings is 2. The van der Waals surface area contributed by atoms with Gasteiger partial charge < -0.3 is 28.7 Å². The van der Waals surface area contributed by atoms with Crippen LogP contribution in [0.15, 0.2) is 69.7 Å². The van der Waals surface area contributed by atoms with E-state index in [1.54, 1.807) is 63.5 Å². The van der Waals surface area contributed by atoms with Gasteiger partial charge in [0.15, 0.2) is 27.5 Å². The predicted molar refractivity (Wildman–Crippen MR) is 152 cm³/mol. The number of thiazole rings is 1. The number of amides is 1. The third-order valence-electron chi connectivity index (χ3n) is 5.76. The number of hydrogen-bond acceptors (Lipinski definition) is 11. The fraction of sp³-hybridized carbons (Fsp3) is 0.185. The third-order valence-corrected chi connectivity index (χ3v) is 7.45. The second-order valence-corrected chi connectivity index (χ2v) is 9.90. The Labute approximate surface area is 238 Å². The summed E-state index contributed by atoms with van der Waals surface area (Å²) in [6.45, 7) is 0. The van der Waals surface area contributed by atoms with Crippen LogP contribution in [0.2, 0.25) is 0 Å².